The zero-order valence-corrected chi connectivity index (χ0v) is 12.5. The minimum atomic E-state index is -0.978. The summed E-state index contributed by atoms with van der Waals surface area (Å²) in [5.74, 6) is 0. The van der Waals surface area contributed by atoms with Crippen LogP contribution in [0.5, 0.6) is 0 Å². The number of hydrogen-bond acceptors (Lipinski definition) is 3. The van der Waals surface area contributed by atoms with E-state index in [4.69, 9.17) is 5.11 Å². The second kappa shape index (κ2) is 5.59. The number of aromatic amines is 1. The van der Waals surface area contributed by atoms with Gasteiger partial charge in [0.1, 0.15) is 5.52 Å². The van der Waals surface area contributed by atoms with Gasteiger partial charge in [0.25, 0.3) is 5.56 Å². The van der Waals surface area contributed by atoms with Crippen molar-refractivity contribution in [2.45, 2.75) is 31.8 Å². The number of allylic oxidation sites excluding steroid dienone is 3. The average Bonchev–Trinajstić information content (AvgIpc) is 2.96. The molecule has 0 saturated heterocycles. The van der Waals surface area contributed by atoms with E-state index in [0.29, 0.717) is 18.4 Å². The molecule has 2 heterocycles. The van der Waals surface area contributed by atoms with E-state index in [1.54, 1.807) is 13.0 Å². The first-order valence-corrected chi connectivity index (χ1v) is 7.45. The number of nitrogens with zero attached hydrogens (tertiary/aromatic N) is 1. The maximum absolute atomic E-state index is 12.0. The lowest BCUT2D eigenvalue weighted by molar-refractivity contribution is 0.0644. The third kappa shape index (κ3) is 2.65. The Labute approximate surface area is 128 Å². The quantitative estimate of drug-likeness (QED) is 0.806. The first-order valence-electron chi connectivity index (χ1n) is 7.45. The Kier molecular flexibility index (Phi) is 3.76. The second-order valence-corrected chi connectivity index (χ2v) is 5.93. The summed E-state index contributed by atoms with van der Waals surface area (Å²) in [7, 11) is 0. The molecule has 1 unspecified atom stereocenters. The van der Waals surface area contributed by atoms with E-state index in [0.717, 1.165) is 23.3 Å². The van der Waals surface area contributed by atoms with Gasteiger partial charge in [0, 0.05) is 25.4 Å². The van der Waals surface area contributed by atoms with Gasteiger partial charge in [-0.05, 0) is 43.0 Å². The summed E-state index contributed by atoms with van der Waals surface area (Å²) in [5, 5.41) is 19.4. The van der Waals surface area contributed by atoms with Crippen LogP contribution in [0.25, 0.3) is 11.1 Å². The smallest absolute Gasteiger partial charge is 0.272 e. The van der Waals surface area contributed by atoms with Crippen LogP contribution in [0.1, 0.15) is 31.9 Å². The Bertz CT molecular complexity index is 809. The lowest BCUT2D eigenvalue weighted by Crippen LogP contribution is -2.29. The summed E-state index contributed by atoms with van der Waals surface area (Å²) < 4.78 is 1.82. The van der Waals surface area contributed by atoms with E-state index in [9.17, 15) is 9.90 Å². The van der Waals surface area contributed by atoms with Crippen molar-refractivity contribution in [2.24, 2.45) is 0 Å². The molecule has 0 radical (unpaired) electrons. The zero-order chi connectivity index (χ0) is 15.7. The molecule has 0 amide bonds. The molecule has 0 fully saturated rings. The fourth-order valence-corrected chi connectivity index (χ4v) is 2.91. The number of aliphatic hydroxyl groups excluding tert-OH is 1. The molecule has 5 nitrogen and oxygen atoms in total. The van der Waals surface area contributed by atoms with Crippen LogP contribution >= 0.6 is 0 Å². The fraction of sp³-hybridized carbons (Fsp3) is 0.353. The molecule has 3 rings (SSSR count). The highest BCUT2D eigenvalue weighted by Gasteiger charge is 2.26. The number of aliphatic hydroxyl groups is 2. The summed E-state index contributed by atoms with van der Waals surface area (Å²) in [6.07, 6.45) is 9.38. The van der Waals surface area contributed by atoms with Crippen LogP contribution in [0.15, 0.2) is 47.0 Å². The molecule has 5 heteroatoms. The Morgan fingerprint density at radius 3 is 2.86 bits per heavy atom. The largest absolute Gasteiger partial charge is 0.396 e. The van der Waals surface area contributed by atoms with E-state index in [1.807, 2.05) is 35.0 Å². The van der Waals surface area contributed by atoms with Gasteiger partial charge in [-0.25, -0.2) is 0 Å². The molecule has 0 bridgehead atoms. The van der Waals surface area contributed by atoms with Crippen molar-refractivity contribution in [3.05, 3.63) is 58.3 Å². The summed E-state index contributed by atoms with van der Waals surface area (Å²) in [6.45, 7) is 1.68. The Hall–Kier alpha value is -2.11. The van der Waals surface area contributed by atoms with E-state index < -0.39 is 5.60 Å². The van der Waals surface area contributed by atoms with E-state index in [2.05, 4.69) is 4.98 Å². The summed E-state index contributed by atoms with van der Waals surface area (Å²) >= 11 is 0. The van der Waals surface area contributed by atoms with Crippen LogP contribution in [-0.4, -0.2) is 31.8 Å². The molecule has 2 aromatic rings. The Morgan fingerprint density at radius 1 is 1.36 bits per heavy atom. The standard InChI is InChI=1S/C17H20N2O3/c1-17(22,8-10-20)13-6-4-12(5-7-13)14-11-19-9-2-3-15(19)16(21)18-14/h2-4,6,9,11,20,22H,5,7-8,10H2,1H3,(H,18,21). The SMILES string of the molecule is CC(O)(CCO)C1=CC=C(c2cn3cccc3c(=O)[nH]2)CC1. The molecule has 1 atom stereocenters. The van der Waals surface area contributed by atoms with Crippen LogP contribution < -0.4 is 5.56 Å². The van der Waals surface area contributed by atoms with Gasteiger partial charge in [0.2, 0.25) is 0 Å². The van der Waals surface area contributed by atoms with Crippen molar-refractivity contribution in [1.29, 1.82) is 0 Å². The minimum Gasteiger partial charge on any atom is -0.396 e. The highest BCUT2D eigenvalue weighted by Crippen LogP contribution is 2.32. The number of rotatable bonds is 4. The van der Waals surface area contributed by atoms with Crippen LogP contribution in [0.2, 0.25) is 0 Å². The van der Waals surface area contributed by atoms with Crippen molar-refractivity contribution in [3.63, 3.8) is 0 Å². The number of aromatic nitrogens is 2. The Morgan fingerprint density at radius 2 is 2.18 bits per heavy atom. The molecule has 0 spiro atoms. The Balaban J connectivity index is 1.94. The topological polar surface area (TPSA) is 77.7 Å². The highest BCUT2D eigenvalue weighted by molar-refractivity contribution is 5.67. The van der Waals surface area contributed by atoms with E-state index in [1.165, 1.54) is 0 Å². The maximum atomic E-state index is 12.0. The predicted octanol–water partition coefficient (Wildman–Crippen LogP) is 1.86. The van der Waals surface area contributed by atoms with Crippen molar-refractivity contribution < 1.29 is 10.2 Å². The third-order valence-electron chi connectivity index (χ3n) is 4.31. The van der Waals surface area contributed by atoms with Crippen molar-refractivity contribution in [2.75, 3.05) is 6.61 Å². The molecular weight excluding hydrogens is 280 g/mol. The highest BCUT2D eigenvalue weighted by atomic mass is 16.3. The molecule has 0 aromatic carbocycles. The summed E-state index contributed by atoms with van der Waals surface area (Å²) in [6, 6.07) is 3.62. The van der Waals surface area contributed by atoms with Gasteiger partial charge in [0.15, 0.2) is 0 Å². The van der Waals surface area contributed by atoms with Gasteiger partial charge < -0.3 is 19.6 Å². The zero-order valence-electron chi connectivity index (χ0n) is 12.5. The second-order valence-electron chi connectivity index (χ2n) is 5.93. The van der Waals surface area contributed by atoms with Crippen molar-refractivity contribution in [3.8, 4) is 0 Å². The van der Waals surface area contributed by atoms with E-state index in [-0.39, 0.29) is 12.2 Å². The number of H-pyrrole nitrogens is 1. The predicted molar refractivity (Wildman–Crippen MR) is 85.6 cm³/mol. The molecule has 0 saturated carbocycles. The van der Waals surface area contributed by atoms with Crippen LogP contribution in [0, 0.1) is 0 Å². The molecule has 22 heavy (non-hydrogen) atoms. The van der Waals surface area contributed by atoms with Crippen LogP contribution in [0.3, 0.4) is 0 Å². The van der Waals surface area contributed by atoms with Gasteiger partial charge in [-0.15, -0.1) is 0 Å². The van der Waals surface area contributed by atoms with Gasteiger partial charge >= 0.3 is 0 Å². The summed E-state index contributed by atoms with van der Waals surface area (Å²) in [5.41, 5.74) is 2.29. The molecular formula is C17H20N2O3. The van der Waals surface area contributed by atoms with Crippen molar-refractivity contribution >= 4 is 11.1 Å². The molecule has 1 aliphatic carbocycles. The molecule has 2 aromatic heterocycles. The first kappa shape index (κ1) is 14.8. The first-order chi connectivity index (χ1) is 10.5. The maximum Gasteiger partial charge on any atom is 0.272 e. The molecule has 116 valence electrons. The lowest BCUT2D eigenvalue weighted by atomic mass is 9.84. The molecule has 3 N–H and O–H groups in total. The summed E-state index contributed by atoms with van der Waals surface area (Å²) in [4.78, 5) is 14.9. The third-order valence-corrected chi connectivity index (χ3v) is 4.31. The number of nitrogens with one attached hydrogen (secondary N) is 1. The van der Waals surface area contributed by atoms with Gasteiger partial charge in [0.05, 0.1) is 11.3 Å². The molecule has 1 aliphatic rings. The van der Waals surface area contributed by atoms with Crippen LogP contribution in [-0.2, 0) is 0 Å². The minimum absolute atomic E-state index is 0.0431. The van der Waals surface area contributed by atoms with Crippen LogP contribution in [0.4, 0.5) is 0 Å². The van der Waals surface area contributed by atoms with Crippen molar-refractivity contribution in [1.82, 2.24) is 9.38 Å². The molecule has 0 aliphatic heterocycles. The lowest BCUT2D eigenvalue weighted by Gasteiger charge is -2.28. The monoisotopic (exact) mass is 300 g/mol. The van der Waals surface area contributed by atoms with Gasteiger partial charge in [-0.2, -0.15) is 0 Å². The number of hydrogen-bond donors (Lipinski definition) is 3. The average molecular weight is 300 g/mol. The number of fused-ring (bicyclic) bond motifs is 1. The van der Waals surface area contributed by atoms with Gasteiger partial charge in [-0.3, -0.25) is 4.79 Å². The fourth-order valence-electron chi connectivity index (χ4n) is 2.91. The van der Waals surface area contributed by atoms with E-state index >= 15 is 0 Å². The normalized spacial score (nSPS) is 18.0. The van der Waals surface area contributed by atoms with Gasteiger partial charge in [-0.1, -0.05) is 12.2 Å².